The number of ether oxygens (including phenoxy) is 1. The zero-order chi connectivity index (χ0) is 24.0. The molecule has 1 saturated carbocycles. The van der Waals surface area contributed by atoms with E-state index < -0.39 is 5.41 Å². The van der Waals surface area contributed by atoms with Crippen molar-refractivity contribution in [2.45, 2.75) is 36.0 Å². The van der Waals surface area contributed by atoms with Crippen LogP contribution < -0.4 is 15.8 Å². The van der Waals surface area contributed by atoms with E-state index in [-0.39, 0.29) is 11.6 Å². The topological polar surface area (TPSA) is 64.3 Å². The fraction of sp³-hybridized carbons (Fsp3) is 0.269. The lowest BCUT2D eigenvalue weighted by atomic mass is 9.64. The smallest absolute Gasteiger partial charge is 0.140 e. The molecule has 0 bridgehead atoms. The lowest BCUT2D eigenvalue weighted by Crippen LogP contribution is -2.36. The van der Waals surface area contributed by atoms with E-state index in [1.807, 2.05) is 25.2 Å². The first-order valence-corrected chi connectivity index (χ1v) is 11.1. The third-order valence-corrected chi connectivity index (χ3v) is 6.36. The van der Waals surface area contributed by atoms with E-state index in [0.29, 0.717) is 28.3 Å². The largest absolute Gasteiger partial charge is 0.497 e. The minimum absolute atomic E-state index is 0.229. The molecule has 0 heterocycles. The van der Waals surface area contributed by atoms with Gasteiger partial charge in [0.1, 0.15) is 23.7 Å². The fourth-order valence-electron chi connectivity index (χ4n) is 4.02. The van der Waals surface area contributed by atoms with Gasteiger partial charge < -0.3 is 20.6 Å². The molecule has 4 rings (SSSR count). The average molecular weight is 471 g/mol. The molecule has 174 valence electrons. The molecule has 0 radical (unpaired) electrons. The van der Waals surface area contributed by atoms with Crippen molar-refractivity contribution in [1.29, 1.82) is 0 Å². The molecule has 0 aliphatic heterocycles. The van der Waals surface area contributed by atoms with Crippen molar-refractivity contribution < 1.29 is 18.3 Å². The maximum Gasteiger partial charge on any atom is 0.140 e. The molecule has 0 saturated heterocycles. The first-order chi connectivity index (χ1) is 15.8. The van der Waals surface area contributed by atoms with Crippen molar-refractivity contribution in [2.24, 2.45) is 0 Å². The summed E-state index contributed by atoms with van der Waals surface area (Å²) in [7, 11) is 3.32. The highest BCUT2D eigenvalue weighted by molar-refractivity contribution is 7.80. The quantitative estimate of drug-likeness (QED) is 0.243. The highest BCUT2D eigenvalue weighted by atomic mass is 32.1. The summed E-state index contributed by atoms with van der Waals surface area (Å²) in [6, 6.07) is 15.0. The summed E-state index contributed by atoms with van der Waals surface area (Å²) in [5.41, 5.74) is 9.60. The molecule has 0 unspecified atom stereocenters. The number of hydrogen-bond donors (Lipinski definition) is 3. The Morgan fingerprint density at radius 1 is 1.09 bits per heavy atom. The molecule has 33 heavy (non-hydrogen) atoms. The number of halogens is 2. The SMILES string of the molecule is CNc1c(Cc2ccccc2F)cc(N)cc1C1(C=O)CCC1.COc1ccc(S)c(F)c1. The van der Waals surface area contributed by atoms with Crippen molar-refractivity contribution in [3.8, 4) is 5.75 Å². The molecule has 3 aromatic carbocycles. The zero-order valence-electron chi connectivity index (χ0n) is 18.7. The van der Waals surface area contributed by atoms with Gasteiger partial charge in [-0.15, -0.1) is 12.6 Å². The number of methoxy groups -OCH3 is 1. The molecular formula is C26H28F2N2O2S. The molecule has 7 heteroatoms. The van der Waals surface area contributed by atoms with Gasteiger partial charge in [0.15, 0.2) is 0 Å². The van der Waals surface area contributed by atoms with Gasteiger partial charge in [0.25, 0.3) is 0 Å². The van der Waals surface area contributed by atoms with Gasteiger partial charge in [-0.25, -0.2) is 8.78 Å². The normalized spacial score (nSPS) is 13.8. The summed E-state index contributed by atoms with van der Waals surface area (Å²) >= 11 is 3.85. The van der Waals surface area contributed by atoms with Gasteiger partial charge >= 0.3 is 0 Å². The van der Waals surface area contributed by atoms with Crippen LogP contribution in [0.2, 0.25) is 0 Å². The fourth-order valence-corrected chi connectivity index (χ4v) is 4.16. The van der Waals surface area contributed by atoms with Crippen LogP contribution in [-0.4, -0.2) is 20.4 Å². The van der Waals surface area contributed by atoms with Gasteiger partial charge in [-0.05, 0) is 59.9 Å². The Kier molecular flexibility index (Phi) is 7.97. The van der Waals surface area contributed by atoms with E-state index >= 15 is 0 Å². The highest BCUT2D eigenvalue weighted by Crippen LogP contribution is 2.46. The number of nitrogen functional groups attached to an aromatic ring is 1. The van der Waals surface area contributed by atoms with Crippen LogP contribution in [0.4, 0.5) is 20.2 Å². The van der Waals surface area contributed by atoms with E-state index in [1.165, 1.54) is 19.2 Å². The Bertz CT molecular complexity index is 1130. The van der Waals surface area contributed by atoms with Crippen molar-refractivity contribution in [1.82, 2.24) is 0 Å². The van der Waals surface area contributed by atoms with Crippen LogP contribution in [0.3, 0.4) is 0 Å². The summed E-state index contributed by atoms with van der Waals surface area (Å²) in [5, 5.41) is 3.20. The van der Waals surface area contributed by atoms with E-state index in [1.54, 1.807) is 24.3 Å². The Morgan fingerprint density at radius 3 is 2.36 bits per heavy atom. The van der Waals surface area contributed by atoms with Gasteiger partial charge in [0.2, 0.25) is 0 Å². The van der Waals surface area contributed by atoms with E-state index in [9.17, 15) is 13.6 Å². The third-order valence-electron chi connectivity index (χ3n) is 5.99. The maximum absolute atomic E-state index is 14.0. The number of thiol groups is 1. The zero-order valence-corrected chi connectivity index (χ0v) is 19.6. The number of rotatable bonds is 6. The highest BCUT2D eigenvalue weighted by Gasteiger charge is 2.40. The second-order valence-corrected chi connectivity index (χ2v) is 8.55. The van der Waals surface area contributed by atoms with E-state index in [4.69, 9.17) is 10.5 Å². The van der Waals surface area contributed by atoms with Crippen LogP contribution in [0, 0.1) is 11.6 Å². The summed E-state index contributed by atoms with van der Waals surface area (Å²) < 4.78 is 31.4. The van der Waals surface area contributed by atoms with Crippen LogP contribution >= 0.6 is 12.6 Å². The number of carbonyl (C=O) groups is 1. The predicted octanol–water partition coefficient (Wildman–Crippen LogP) is 5.78. The van der Waals surface area contributed by atoms with Crippen molar-refractivity contribution in [3.63, 3.8) is 0 Å². The lowest BCUT2D eigenvalue weighted by molar-refractivity contribution is -0.115. The maximum atomic E-state index is 14.0. The van der Waals surface area contributed by atoms with Crippen molar-refractivity contribution in [2.75, 3.05) is 25.2 Å². The van der Waals surface area contributed by atoms with Crippen LogP contribution in [0.1, 0.15) is 36.0 Å². The molecule has 0 amide bonds. The average Bonchev–Trinajstić information content (AvgIpc) is 2.77. The molecule has 0 atom stereocenters. The Labute approximate surface area is 198 Å². The van der Waals surface area contributed by atoms with Gasteiger partial charge in [-0.2, -0.15) is 0 Å². The van der Waals surface area contributed by atoms with Gasteiger partial charge in [0.05, 0.1) is 12.5 Å². The summed E-state index contributed by atoms with van der Waals surface area (Å²) in [6.45, 7) is 0. The Morgan fingerprint density at radius 2 is 1.82 bits per heavy atom. The molecule has 0 aromatic heterocycles. The van der Waals surface area contributed by atoms with Crippen molar-refractivity contribution >= 4 is 30.3 Å². The number of hydrogen-bond acceptors (Lipinski definition) is 5. The van der Waals surface area contributed by atoms with Crippen LogP contribution in [-0.2, 0) is 16.6 Å². The number of anilines is 2. The first-order valence-electron chi connectivity index (χ1n) is 10.7. The van der Waals surface area contributed by atoms with Gasteiger partial charge in [-0.1, -0.05) is 24.6 Å². The minimum Gasteiger partial charge on any atom is -0.497 e. The molecule has 1 aliphatic carbocycles. The van der Waals surface area contributed by atoms with E-state index in [0.717, 1.165) is 42.4 Å². The molecule has 3 N–H and O–H groups in total. The third kappa shape index (κ3) is 5.47. The number of nitrogens with one attached hydrogen (secondary N) is 1. The second-order valence-electron chi connectivity index (χ2n) is 8.07. The molecule has 3 aromatic rings. The van der Waals surface area contributed by atoms with Crippen LogP contribution in [0.25, 0.3) is 0 Å². The standard InChI is InChI=1S/C19H21FN2O.C7H7FOS/c1-22-18-14(9-13-5-2-3-6-17(13)20)10-15(21)11-16(18)19(12-23)7-4-8-19;1-9-5-2-3-7(10)6(8)4-5/h2-3,5-6,10-12,22H,4,7-9,21H2,1H3;2-4,10H,1H3. The van der Waals surface area contributed by atoms with Gasteiger partial charge in [0, 0.05) is 35.8 Å². The number of aldehydes is 1. The second kappa shape index (κ2) is 10.7. The van der Waals surface area contributed by atoms with Crippen LogP contribution in [0.15, 0.2) is 59.5 Å². The Hall–Kier alpha value is -3.06. The minimum atomic E-state index is -0.447. The predicted molar refractivity (Wildman–Crippen MR) is 131 cm³/mol. The molecular weight excluding hydrogens is 442 g/mol. The molecule has 0 spiro atoms. The summed E-state index contributed by atoms with van der Waals surface area (Å²) in [4.78, 5) is 12.0. The molecule has 1 fully saturated rings. The first kappa shape index (κ1) is 24.6. The number of carbonyl (C=O) groups excluding carboxylic acids is 1. The number of nitrogens with two attached hydrogens (primary N) is 1. The Balaban J connectivity index is 0.000000257. The van der Waals surface area contributed by atoms with Crippen molar-refractivity contribution in [3.05, 3.63) is 82.9 Å². The monoisotopic (exact) mass is 470 g/mol. The summed E-state index contributed by atoms with van der Waals surface area (Å²) in [5.74, 6) is -0.0785. The lowest BCUT2D eigenvalue weighted by Gasteiger charge is -2.39. The summed E-state index contributed by atoms with van der Waals surface area (Å²) in [6.07, 6.45) is 4.20. The van der Waals surface area contributed by atoms with Gasteiger partial charge in [-0.3, -0.25) is 0 Å². The van der Waals surface area contributed by atoms with Crippen LogP contribution in [0.5, 0.6) is 5.75 Å². The van der Waals surface area contributed by atoms with E-state index in [2.05, 4.69) is 17.9 Å². The number of benzene rings is 3. The molecule has 4 nitrogen and oxygen atoms in total. The molecule has 1 aliphatic rings.